The average Bonchev–Trinajstić information content (AvgIpc) is 2.87. The van der Waals surface area contributed by atoms with E-state index in [2.05, 4.69) is 10.3 Å². The van der Waals surface area contributed by atoms with Crippen LogP contribution in [0.5, 0.6) is 0 Å². The van der Waals surface area contributed by atoms with Gasteiger partial charge in [0.2, 0.25) is 0 Å². The highest BCUT2D eigenvalue weighted by Crippen LogP contribution is 2.19. The van der Waals surface area contributed by atoms with Gasteiger partial charge in [-0.3, -0.25) is 0 Å². The molecule has 1 aliphatic heterocycles. The predicted molar refractivity (Wildman–Crippen MR) is 77.9 cm³/mol. The summed E-state index contributed by atoms with van der Waals surface area (Å²) in [4.78, 5) is 4.00. The summed E-state index contributed by atoms with van der Waals surface area (Å²) >= 11 is 0. The number of sulfonamides is 1. The molecule has 1 aliphatic rings. The largest absolute Gasteiger partial charge is 0.339 e. The van der Waals surface area contributed by atoms with Gasteiger partial charge in [0.15, 0.2) is 5.03 Å². The fourth-order valence-electron chi connectivity index (χ4n) is 2.57. The number of hydrogen-bond acceptors (Lipinski definition) is 4. The maximum absolute atomic E-state index is 12.6. The first-order valence-electron chi connectivity index (χ1n) is 7.23. The highest BCUT2D eigenvalue weighted by Gasteiger charge is 2.28. The molecule has 0 aromatic carbocycles. The lowest BCUT2D eigenvalue weighted by atomic mass is 9.98. The Hall–Kier alpha value is -0.920. The summed E-state index contributed by atoms with van der Waals surface area (Å²) in [5, 5.41) is 3.47. The van der Waals surface area contributed by atoms with Crippen molar-refractivity contribution in [3.63, 3.8) is 0 Å². The number of rotatable bonds is 6. The Labute approximate surface area is 121 Å². The van der Waals surface area contributed by atoms with E-state index in [1.54, 1.807) is 22.1 Å². The van der Waals surface area contributed by atoms with Crippen LogP contribution in [0.4, 0.5) is 0 Å². The van der Waals surface area contributed by atoms with Crippen molar-refractivity contribution in [2.24, 2.45) is 13.0 Å². The van der Waals surface area contributed by atoms with Crippen molar-refractivity contribution in [1.29, 1.82) is 0 Å². The van der Waals surface area contributed by atoms with Gasteiger partial charge in [0, 0.05) is 26.3 Å². The van der Waals surface area contributed by atoms with Crippen molar-refractivity contribution in [2.75, 3.05) is 26.2 Å². The molecular weight excluding hydrogens is 276 g/mol. The third-order valence-electron chi connectivity index (χ3n) is 3.68. The van der Waals surface area contributed by atoms with Gasteiger partial charge in [-0.2, -0.15) is 4.31 Å². The lowest BCUT2D eigenvalue weighted by molar-refractivity contribution is 0.287. The molecule has 114 valence electrons. The summed E-state index contributed by atoms with van der Waals surface area (Å²) in [5.41, 5.74) is 0. The molecule has 7 heteroatoms. The Kier molecular flexibility index (Phi) is 5.17. The molecule has 20 heavy (non-hydrogen) atoms. The molecule has 6 nitrogen and oxygen atoms in total. The van der Waals surface area contributed by atoms with Gasteiger partial charge in [-0.15, -0.1) is 0 Å². The van der Waals surface area contributed by atoms with Crippen LogP contribution >= 0.6 is 0 Å². The quantitative estimate of drug-likeness (QED) is 0.844. The van der Waals surface area contributed by atoms with E-state index in [0.717, 1.165) is 32.4 Å². The van der Waals surface area contributed by atoms with Crippen LogP contribution in [-0.2, 0) is 17.1 Å². The number of hydrogen-bond donors (Lipinski definition) is 1. The van der Waals surface area contributed by atoms with Crippen molar-refractivity contribution >= 4 is 10.0 Å². The van der Waals surface area contributed by atoms with E-state index in [1.165, 1.54) is 6.33 Å². The molecule has 0 unspecified atom stereocenters. The minimum absolute atomic E-state index is 0.155. The Bertz CT molecular complexity index is 520. The maximum Gasteiger partial charge on any atom is 0.262 e. The minimum atomic E-state index is -3.46. The minimum Gasteiger partial charge on any atom is -0.339 e. The molecule has 0 spiro atoms. The highest BCUT2D eigenvalue weighted by molar-refractivity contribution is 7.89. The maximum atomic E-state index is 12.6. The Morgan fingerprint density at radius 2 is 2.15 bits per heavy atom. The molecule has 2 heterocycles. The van der Waals surface area contributed by atoms with Crippen molar-refractivity contribution in [3.8, 4) is 0 Å². The first-order valence-corrected chi connectivity index (χ1v) is 8.67. The summed E-state index contributed by atoms with van der Waals surface area (Å²) in [6.45, 7) is 5.13. The third kappa shape index (κ3) is 3.59. The zero-order valence-corrected chi connectivity index (χ0v) is 13.1. The molecule has 0 saturated carbocycles. The van der Waals surface area contributed by atoms with Crippen molar-refractivity contribution in [1.82, 2.24) is 19.2 Å². The van der Waals surface area contributed by atoms with Crippen molar-refractivity contribution in [3.05, 3.63) is 12.5 Å². The zero-order chi connectivity index (χ0) is 14.6. The zero-order valence-electron chi connectivity index (χ0n) is 12.2. The van der Waals surface area contributed by atoms with Gasteiger partial charge in [0.05, 0.1) is 6.33 Å². The van der Waals surface area contributed by atoms with Crippen molar-refractivity contribution < 1.29 is 8.42 Å². The van der Waals surface area contributed by atoms with Gasteiger partial charge in [0.25, 0.3) is 10.0 Å². The highest BCUT2D eigenvalue weighted by atomic mass is 32.2. The monoisotopic (exact) mass is 300 g/mol. The van der Waals surface area contributed by atoms with Gasteiger partial charge in [-0.25, -0.2) is 13.4 Å². The second kappa shape index (κ2) is 6.69. The van der Waals surface area contributed by atoms with Crippen LogP contribution < -0.4 is 5.32 Å². The van der Waals surface area contributed by atoms with E-state index in [-0.39, 0.29) is 5.03 Å². The van der Waals surface area contributed by atoms with Crippen LogP contribution in [-0.4, -0.2) is 48.5 Å². The first-order chi connectivity index (χ1) is 9.54. The smallest absolute Gasteiger partial charge is 0.262 e. The molecule has 0 amide bonds. The summed E-state index contributed by atoms with van der Waals surface area (Å²) in [7, 11) is -1.68. The van der Waals surface area contributed by atoms with Crippen LogP contribution in [0.1, 0.15) is 26.2 Å². The van der Waals surface area contributed by atoms with E-state index in [0.29, 0.717) is 19.0 Å². The Morgan fingerprint density at radius 1 is 1.45 bits per heavy atom. The summed E-state index contributed by atoms with van der Waals surface area (Å²) in [6.07, 6.45) is 5.99. The number of imidazole rings is 1. The predicted octanol–water partition coefficient (Wildman–Crippen LogP) is 0.820. The van der Waals surface area contributed by atoms with Crippen LogP contribution in [0.2, 0.25) is 0 Å². The number of aryl methyl sites for hydroxylation is 1. The molecule has 0 radical (unpaired) electrons. The molecule has 1 aromatic rings. The standard InChI is InChI=1S/C13H24N4O2S/c1-3-8-17(9-12-4-6-14-7-5-12)20(18,19)13-10-16(2)11-15-13/h10-12,14H,3-9H2,1-2H3. The molecule has 1 aromatic heterocycles. The molecule has 1 fully saturated rings. The second-order valence-electron chi connectivity index (χ2n) is 5.43. The SMILES string of the molecule is CCCN(CC1CCNCC1)S(=O)(=O)c1cn(C)cn1. The summed E-state index contributed by atoms with van der Waals surface area (Å²) in [6, 6.07) is 0. The number of nitrogens with one attached hydrogen (secondary N) is 1. The van der Waals surface area contributed by atoms with E-state index in [9.17, 15) is 8.42 Å². The van der Waals surface area contributed by atoms with E-state index >= 15 is 0 Å². The number of nitrogens with zero attached hydrogens (tertiary/aromatic N) is 3. The van der Waals surface area contributed by atoms with Crippen molar-refractivity contribution in [2.45, 2.75) is 31.2 Å². The van der Waals surface area contributed by atoms with E-state index < -0.39 is 10.0 Å². The topological polar surface area (TPSA) is 67.2 Å². The second-order valence-corrected chi connectivity index (χ2v) is 7.32. The molecule has 1 N–H and O–H groups in total. The molecule has 1 saturated heterocycles. The van der Waals surface area contributed by atoms with Gasteiger partial charge >= 0.3 is 0 Å². The molecule has 0 aliphatic carbocycles. The number of aromatic nitrogens is 2. The third-order valence-corrected chi connectivity index (χ3v) is 5.43. The number of piperidine rings is 1. The molecular formula is C13H24N4O2S. The molecule has 2 rings (SSSR count). The Morgan fingerprint density at radius 3 is 2.70 bits per heavy atom. The molecule has 0 bridgehead atoms. The van der Waals surface area contributed by atoms with E-state index in [4.69, 9.17) is 0 Å². The van der Waals surface area contributed by atoms with Gasteiger partial charge in [0.1, 0.15) is 0 Å². The Balaban J connectivity index is 2.14. The first kappa shape index (κ1) is 15.5. The molecule has 0 atom stereocenters. The fourth-order valence-corrected chi connectivity index (χ4v) is 4.14. The normalized spacial score (nSPS) is 17.8. The van der Waals surface area contributed by atoms with Crippen LogP contribution in [0.15, 0.2) is 17.6 Å². The average molecular weight is 300 g/mol. The van der Waals surface area contributed by atoms with E-state index in [1.807, 2.05) is 6.92 Å². The van der Waals surface area contributed by atoms with Crippen LogP contribution in [0.25, 0.3) is 0 Å². The fraction of sp³-hybridized carbons (Fsp3) is 0.769. The van der Waals surface area contributed by atoms with Gasteiger partial charge in [-0.1, -0.05) is 6.92 Å². The van der Waals surface area contributed by atoms with Gasteiger partial charge < -0.3 is 9.88 Å². The van der Waals surface area contributed by atoms with Gasteiger partial charge in [-0.05, 0) is 38.3 Å². The summed E-state index contributed by atoms with van der Waals surface area (Å²) < 4.78 is 28.6. The lowest BCUT2D eigenvalue weighted by Crippen LogP contribution is -2.39. The summed E-state index contributed by atoms with van der Waals surface area (Å²) in [5.74, 6) is 0.446. The lowest BCUT2D eigenvalue weighted by Gasteiger charge is -2.28. The van der Waals surface area contributed by atoms with Crippen LogP contribution in [0.3, 0.4) is 0 Å². The van der Waals surface area contributed by atoms with Crippen LogP contribution in [0, 0.1) is 5.92 Å².